The first-order valence-electron chi connectivity index (χ1n) is 9.31. The Morgan fingerprint density at radius 3 is 2.81 bits per heavy atom. The SMILES string of the molecule is Cc1ccc(OCc2nc(CC(=O)NCC(C)N3CCOCC3)cs2)cc1. The average molecular weight is 390 g/mol. The highest BCUT2D eigenvalue weighted by Gasteiger charge is 2.17. The summed E-state index contributed by atoms with van der Waals surface area (Å²) in [6.07, 6.45) is 0.302. The number of nitrogens with one attached hydrogen (secondary N) is 1. The van der Waals surface area contributed by atoms with Crippen LogP contribution >= 0.6 is 11.3 Å². The van der Waals surface area contributed by atoms with Gasteiger partial charge in [-0.05, 0) is 26.0 Å². The molecule has 1 N–H and O–H groups in total. The number of amides is 1. The number of ether oxygens (including phenoxy) is 2. The second-order valence-corrected chi connectivity index (χ2v) is 7.76. The molecule has 0 radical (unpaired) electrons. The minimum Gasteiger partial charge on any atom is -0.486 e. The van der Waals surface area contributed by atoms with Gasteiger partial charge in [0.15, 0.2) is 0 Å². The van der Waals surface area contributed by atoms with E-state index in [2.05, 4.69) is 22.1 Å². The molecule has 0 saturated carbocycles. The van der Waals surface area contributed by atoms with E-state index < -0.39 is 0 Å². The van der Waals surface area contributed by atoms with Crippen LogP contribution in [0, 0.1) is 6.92 Å². The van der Waals surface area contributed by atoms with Gasteiger partial charge in [-0.2, -0.15) is 0 Å². The molecule has 1 aromatic carbocycles. The summed E-state index contributed by atoms with van der Waals surface area (Å²) in [7, 11) is 0. The summed E-state index contributed by atoms with van der Waals surface area (Å²) >= 11 is 1.52. The molecule has 1 aromatic heterocycles. The monoisotopic (exact) mass is 389 g/mol. The predicted octanol–water partition coefficient (Wildman–Crippen LogP) is 2.41. The van der Waals surface area contributed by atoms with Crippen LogP contribution in [0.5, 0.6) is 5.75 Å². The number of hydrogen-bond acceptors (Lipinski definition) is 6. The van der Waals surface area contributed by atoms with Gasteiger partial charge >= 0.3 is 0 Å². The summed E-state index contributed by atoms with van der Waals surface area (Å²) in [5.41, 5.74) is 1.99. The summed E-state index contributed by atoms with van der Waals surface area (Å²) in [4.78, 5) is 19.0. The van der Waals surface area contributed by atoms with Crippen LogP contribution < -0.4 is 10.1 Å². The molecular weight excluding hydrogens is 362 g/mol. The van der Waals surface area contributed by atoms with Crippen molar-refractivity contribution in [3.8, 4) is 5.75 Å². The second-order valence-electron chi connectivity index (χ2n) is 6.81. The van der Waals surface area contributed by atoms with Crippen LogP contribution in [0.2, 0.25) is 0 Å². The molecule has 3 rings (SSSR count). The molecule has 1 aliphatic rings. The van der Waals surface area contributed by atoms with E-state index in [1.54, 1.807) is 0 Å². The Kier molecular flexibility index (Phi) is 7.20. The van der Waals surface area contributed by atoms with Crippen molar-refractivity contribution in [1.29, 1.82) is 0 Å². The lowest BCUT2D eigenvalue weighted by molar-refractivity contribution is -0.120. The molecule has 2 aromatic rings. The summed E-state index contributed by atoms with van der Waals surface area (Å²) < 4.78 is 11.1. The zero-order valence-corrected chi connectivity index (χ0v) is 16.8. The Bertz CT molecular complexity index is 726. The van der Waals surface area contributed by atoms with Crippen LogP contribution in [-0.2, 0) is 22.6 Å². The molecule has 1 aliphatic heterocycles. The third-order valence-corrected chi connectivity index (χ3v) is 5.46. The minimum absolute atomic E-state index is 0.00594. The molecule has 1 fully saturated rings. The van der Waals surface area contributed by atoms with Crippen molar-refractivity contribution in [1.82, 2.24) is 15.2 Å². The van der Waals surface area contributed by atoms with Gasteiger partial charge in [-0.3, -0.25) is 9.69 Å². The lowest BCUT2D eigenvalue weighted by Crippen LogP contribution is -2.47. The van der Waals surface area contributed by atoms with Gasteiger partial charge in [-0.15, -0.1) is 11.3 Å². The third kappa shape index (κ3) is 6.30. The Labute approximate surface area is 164 Å². The minimum atomic E-state index is 0.00594. The number of hydrogen-bond donors (Lipinski definition) is 1. The number of aryl methyl sites for hydroxylation is 1. The Hall–Kier alpha value is -1.96. The van der Waals surface area contributed by atoms with Gasteiger partial charge in [0.1, 0.15) is 17.4 Å². The summed E-state index contributed by atoms with van der Waals surface area (Å²) in [5, 5.41) is 5.82. The number of morpholine rings is 1. The van der Waals surface area contributed by atoms with E-state index in [4.69, 9.17) is 9.47 Å². The van der Waals surface area contributed by atoms with E-state index in [0.717, 1.165) is 42.8 Å². The molecule has 0 aliphatic carbocycles. The lowest BCUT2D eigenvalue weighted by atomic mass is 10.2. The van der Waals surface area contributed by atoms with E-state index in [-0.39, 0.29) is 5.91 Å². The molecule has 1 amide bonds. The Morgan fingerprint density at radius 2 is 2.07 bits per heavy atom. The smallest absolute Gasteiger partial charge is 0.226 e. The fraction of sp³-hybridized carbons (Fsp3) is 0.500. The van der Waals surface area contributed by atoms with E-state index >= 15 is 0 Å². The summed E-state index contributed by atoms with van der Waals surface area (Å²) in [6.45, 7) is 8.63. The quantitative estimate of drug-likeness (QED) is 0.751. The van der Waals surface area contributed by atoms with Crippen molar-refractivity contribution >= 4 is 17.2 Å². The standard InChI is InChI=1S/C20H27N3O3S/c1-15-3-5-18(6-4-15)26-13-20-22-17(14-27-20)11-19(24)21-12-16(2)23-7-9-25-10-8-23/h3-6,14,16H,7-13H2,1-2H3,(H,21,24). The maximum Gasteiger partial charge on any atom is 0.226 e. The van der Waals surface area contributed by atoms with Crippen molar-refractivity contribution in [2.45, 2.75) is 32.9 Å². The Morgan fingerprint density at radius 1 is 1.33 bits per heavy atom. The molecule has 0 bridgehead atoms. The van der Waals surface area contributed by atoms with Gasteiger partial charge in [-0.25, -0.2) is 4.98 Å². The highest BCUT2D eigenvalue weighted by Crippen LogP contribution is 2.16. The maximum absolute atomic E-state index is 12.2. The third-order valence-electron chi connectivity index (χ3n) is 4.59. The molecular formula is C20H27N3O3S. The van der Waals surface area contributed by atoms with Gasteiger partial charge < -0.3 is 14.8 Å². The molecule has 0 spiro atoms. The van der Waals surface area contributed by atoms with E-state index in [9.17, 15) is 4.79 Å². The van der Waals surface area contributed by atoms with Crippen molar-refractivity contribution in [3.63, 3.8) is 0 Å². The van der Waals surface area contributed by atoms with Crippen LogP contribution in [0.3, 0.4) is 0 Å². The molecule has 1 unspecified atom stereocenters. The van der Waals surface area contributed by atoms with Crippen LogP contribution in [0.25, 0.3) is 0 Å². The first-order chi connectivity index (χ1) is 13.1. The van der Waals surface area contributed by atoms with Crippen LogP contribution in [0.15, 0.2) is 29.6 Å². The number of carbonyl (C=O) groups excluding carboxylic acids is 1. The van der Waals surface area contributed by atoms with Gasteiger partial charge in [0.25, 0.3) is 0 Å². The van der Waals surface area contributed by atoms with Gasteiger partial charge in [0.05, 0.1) is 25.3 Å². The highest BCUT2D eigenvalue weighted by molar-refractivity contribution is 7.09. The van der Waals surface area contributed by atoms with Crippen LogP contribution in [0.1, 0.15) is 23.2 Å². The molecule has 27 heavy (non-hydrogen) atoms. The highest BCUT2D eigenvalue weighted by atomic mass is 32.1. The number of aromatic nitrogens is 1. The number of nitrogens with zero attached hydrogens (tertiary/aromatic N) is 2. The predicted molar refractivity (Wildman–Crippen MR) is 106 cm³/mol. The first-order valence-corrected chi connectivity index (χ1v) is 10.2. The topological polar surface area (TPSA) is 63.7 Å². The largest absolute Gasteiger partial charge is 0.486 e. The van der Waals surface area contributed by atoms with Gasteiger partial charge in [0.2, 0.25) is 5.91 Å². The van der Waals surface area contributed by atoms with Crippen molar-refractivity contribution in [2.24, 2.45) is 0 Å². The van der Waals surface area contributed by atoms with E-state index in [1.807, 2.05) is 36.6 Å². The van der Waals surface area contributed by atoms with E-state index in [1.165, 1.54) is 16.9 Å². The van der Waals surface area contributed by atoms with Crippen molar-refractivity contribution in [2.75, 3.05) is 32.8 Å². The molecule has 7 heteroatoms. The zero-order valence-electron chi connectivity index (χ0n) is 15.9. The Balaban J connectivity index is 1.40. The molecule has 6 nitrogen and oxygen atoms in total. The lowest BCUT2D eigenvalue weighted by Gasteiger charge is -2.32. The zero-order chi connectivity index (χ0) is 19.1. The fourth-order valence-corrected chi connectivity index (χ4v) is 3.62. The molecule has 1 saturated heterocycles. The molecule has 1 atom stereocenters. The van der Waals surface area contributed by atoms with Crippen LogP contribution in [-0.4, -0.2) is 54.7 Å². The maximum atomic E-state index is 12.2. The molecule has 146 valence electrons. The van der Waals surface area contributed by atoms with Crippen molar-refractivity contribution < 1.29 is 14.3 Å². The van der Waals surface area contributed by atoms with E-state index in [0.29, 0.717) is 25.6 Å². The average Bonchev–Trinajstić information content (AvgIpc) is 3.13. The fourth-order valence-electron chi connectivity index (χ4n) is 2.91. The second kappa shape index (κ2) is 9.82. The van der Waals surface area contributed by atoms with Crippen molar-refractivity contribution in [3.05, 3.63) is 45.9 Å². The number of rotatable bonds is 8. The number of thiazole rings is 1. The summed E-state index contributed by atoms with van der Waals surface area (Å²) in [5.74, 6) is 0.832. The molecule has 2 heterocycles. The summed E-state index contributed by atoms with van der Waals surface area (Å²) in [6, 6.07) is 8.25. The number of benzene rings is 1. The van der Waals surface area contributed by atoms with Crippen LogP contribution in [0.4, 0.5) is 0 Å². The van der Waals surface area contributed by atoms with Gasteiger partial charge in [-0.1, -0.05) is 17.7 Å². The van der Waals surface area contributed by atoms with Gasteiger partial charge in [0, 0.05) is 31.1 Å². The number of carbonyl (C=O) groups is 1. The first kappa shape index (κ1) is 19.8. The normalized spacial score (nSPS) is 16.1.